The van der Waals surface area contributed by atoms with Crippen molar-refractivity contribution in [3.8, 4) is 0 Å². The van der Waals surface area contributed by atoms with Crippen LogP contribution in [0.1, 0.15) is 28.4 Å². The van der Waals surface area contributed by atoms with Gasteiger partial charge in [0, 0.05) is 32.1 Å². The predicted molar refractivity (Wildman–Crippen MR) is 91.0 cm³/mol. The van der Waals surface area contributed by atoms with Crippen molar-refractivity contribution < 1.29 is 18.4 Å². The van der Waals surface area contributed by atoms with Crippen molar-refractivity contribution >= 4 is 11.8 Å². The smallest absolute Gasteiger partial charge is 0.251 e. The van der Waals surface area contributed by atoms with E-state index < -0.39 is 17.5 Å². The molecule has 2 rings (SSSR count). The van der Waals surface area contributed by atoms with Gasteiger partial charge in [0.25, 0.3) is 5.91 Å². The van der Waals surface area contributed by atoms with Gasteiger partial charge in [-0.25, -0.2) is 8.78 Å². The summed E-state index contributed by atoms with van der Waals surface area (Å²) in [5.74, 6) is -2.70. The highest BCUT2D eigenvalue weighted by atomic mass is 19.2. The van der Waals surface area contributed by atoms with Crippen LogP contribution in [0.25, 0.3) is 0 Å². The van der Waals surface area contributed by atoms with E-state index in [4.69, 9.17) is 0 Å². The number of amides is 2. The zero-order valence-electron chi connectivity index (χ0n) is 14.2. The minimum absolute atomic E-state index is 0.0342. The second-order valence-corrected chi connectivity index (χ2v) is 5.81. The van der Waals surface area contributed by atoms with Crippen molar-refractivity contribution in [1.82, 2.24) is 10.2 Å². The van der Waals surface area contributed by atoms with E-state index in [9.17, 15) is 18.4 Å². The Morgan fingerprint density at radius 3 is 2.48 bits per heavy atom. The second-order valence-electron chi connectivity index (χ2n) is 5.81. The van der Waals surface area contributed by atoms with Crippen molar-refractivity contribution in [3.05, 3.63) is 70.8 Å². The van der Waals surface area contributed by atoms with Gasteiger partial charge in [0.2, 0.25) is 5.91 Å². The van der Waals surface area contributed by atoms with Crippen LogP contribution in [0.4, 0.5) is 8.78 Å². The van der Waals surface area contributed by atoms with Gasteiger partial charge in [-0.1, -0.05) is 29.8 Å². The standard InChI is InChI=1S/C19H20F2N2O2/c1-13-4-3-5-15(10-13)12-23(14(2)24)9-8-22-19(25)16-6-7-17(20)18(21)11-16/h3-7,10-11H,8-9,12H2,1-2H3,(H,22,25). The van der Waals surface area contributed by atoms with Crippen molar-refractivity contribution in [2.45, 2.75) is 20.4 Å². The largest absolute Gasteiger partial charge is 0.350 e. The van der Waals surface area contributed by atoms with Crippen LogP contribution < -0.4 is 5.32 Å². The fraction of sp³-hybridized carbons (Fsp3) is 0.263. The Morgan fingerprint density at radius 2 is 1.84 bits per heavy atom. The Bertz CT molecular complexity index is 778. The highest BCUT2D eigenvalue weighted by Gasteiger charge is 2.12. The third-order valence-corrected chi connectivity index (χ3v) is 3.75. The van der Waals surface area contributed by atoms with Gasteiger partial charge in [-0.15, -0.1) is 0 Å². The number of benzene rings is 2. The highest BCUT2D eigenvalue weighted by Crippen LogP contribution is 2.09. The molecule has 0 aromatic heterocycles. The molecule has 0 bridgehead atoms. The van der Waals surface area contributed by atoms with Gasteiger partial charge in [0.15, 0.2) is 11.6 Å². The summed E-state index contributed by atoms with van der Waals surface area (Å²) in [4.78, 5) is 25.4. The number of hydrogen-bond donors (Lipinski definition) is 1. The summed E-state index contributed by atoms with van der Waals surface area (Å²) in [6.07, 6.45) is 0. The van der Waals surface area contributed by atoms with Crippen LogP contribution in [-0.4, -0.2) is 29.8 Å². The maximum atomic E-state index is 13.2. The minimum atomic E-state index is -1.07. The van der Waals surface area contributed by atoms with Gasteiger partial charge in [-0.05, 0) is 30.7 Å². The summed E-state index contributed by atoms with van der Waals surface area (Å²) < 4.78 is 26.1. The molecular weight excluding hydrogens is 326 g/mol. The number of rotatable bonds is 6. The topological polar surface area (TPSA) is 49.4 Å². The molecule has 132 valence electrons. The summed E-state index contributed by atoms with van der Waals surface area (Å²) in [7, 11) is 0. The Hall–Kier alpha value is -2.76. The highest BCUT2D eigenvalue weighted by molar-refractivity contribution is 5.94. The number of nitrogens with zero attached hydrogens (tertiary/aromatic N) is 1. The van der Waals surface area contributed by atoms with E-state index in [0.29, 0.717) is 13.1 Å². The summed E-state index contributed by atoms with van der Waals surface area (Å²) >= 11 is 0. The molecule has 0 atom stereocenters. The molecule has 2 aromatic rings. The second kappa shape index (κ2) is 8.37. The van der Waals surface area contributed by atoms with Gasteiger partial charge in [-0.2, -0.15) is 0 Å². The molecule has 0 heterocycles. The third kappa shape index (κ3) is 5.38. The first-order valence-electron chi connectivity index (χ1n) is 7.91. The lowest BCUT2D eigenvalue weighted by Gasteiger charge is -2.21. The van der Waals surface area contributed by atoms with E-state index in [1.165, 1.54) is 13.0 Å². The van der Waals surface area contributed by atoms with E-state index in [2.05, 4.69) is 5.32 Å². The molecular formula is C19H20F2N2O2. The zero-order chi connectivity index (χ0) is 18.4. The first kappa shape index (κ1) is 18.6. The molecule has 0 saturated carbocycles. The average molecular weight is 346 g/mol. The SMILES string of the molecule is CC(=O)N(CCNC(=O)c1ccc(F)c(F)c1)Cc1cccc(C)c1. The molecule has 0 aliphatic carbocycles. The molecule has 0 unspecified atom stereocenters. The molecule has 0 aliphatic heterocycles. The first-order chi connectivity index (χ1) is 11.9. The van der Waals surface area contributed by atoms with Crippen molar-refractivity contribution in [1.29, 1.82) is 0 Å². The molecule has 4 nitrogen and oxygen atoms in total. The molecule has 2 aromatic carbocycles. The van der Waals surface area contributed by atoms with Crippen molar-refractivity contribution in [3.63, 3.8) is 0 Å². The summed E-state index contributed by atoms with van der Waals surface area (Å²) in [5, 5.41) is 2.61. The number of carbonyl (C=O) groups is 2. The van der Waals surface area contributed by atoms with Crippen LogP contribution in [0, 0.1) is 18.6 Å². The maximum Gasteiger partial charge on any atom is 0.251 e. The van der Waals surface area contributed by atoms with Gasteiger partial charge in [0.1, 0.15) is 0 Å². The Kier molecular flexibility index (Phi) is 6.22. The van der Waals surface area contributed by atoms with Crippen LogP contribution in [0.3, 0.4) is 0 Å². The molecule has 0 radical (unpaired) electrons. The van der Waals surface area contributed by atoms with Gasteiger partial charge in [-0.3, -0.25) is 9.59 Å². The number of halogens is 2. The lowest BCUT2D eigenvalue weighted by Crippen LogP contribution is -2.37. The number of hydrogen-bond acceptors (Lipinski definition) is 2. The van der Waals surface area contributed by atoms with Gasteiger partial charge < -0.3 is 10.2 Å². The monoisotopic (exact) mass is 346 g/mol. The molecule has 2 amide bonds. The van der Waals surface area contributed by atoms with E-state index >= 15 is 0 Å². The van der Waals surface area contributed by atoms with Crippen LogP contribution in [0.5, 0.6) is 0 Å². The lowest BCUT2D eigenvalue weighted by atomic mass is 10.1. The Morgan fingerprint density at radius 1 is 1.08 bits per heavy atom. The summed E-state index contributed by atoms with van der Waals surface area (Å²) in [6, 6.07) is 10.8. The van der Waals surface area contributed by atoms with Crippen LogP contribution in [0.2, 0.25) is 0 Å². The molecule has 1 N–H and O–H groups in total. The summed E-state index contributed by atoms with van der Waals surface area (Å²) in [5.41, 5.74) is 2.14. The van der Waals surface area contributed by atoms with Crippen molar-refractivity contribution in [2.75, 3.05) is 13.1 Å². The number of aryl methyl sites for hydroxylation is 1. The Labute approximate surface area is 145 Å². The fourth-order valence-corrected chi connectivity index (χ4v) is 2.42. The third-order valence-electron chi connectivity index (χ3n) is 3.75. The minimum Gasteiger partial charge on any atom is -0.350 e. The molecule has 25 heavy (non-hydrogen) atoms. The zero-order valence-corrected chi connectivity index (χ0v) is 14.2. The van der Waals surface area contributed by atoms with Crippen LogP contribution >= 0.6 is 0 Å². The van der Waals surface area contributed by atoms with E-state index in [1.54, 1.807) is 4.90 Å². The first-order valence-corrected chi connectivity index (χ1v) is 7.91. The molecule has 0 saturated heterocycles. The summed E-state index contributed by atoms with van der Waals surface area (Å²) in [6.45, 7) is 4.41. The maximum absolute atomic E-state index is 13.2. The molecule has 0 fully saturated rings. The quantitative estimate of drug-likeness (QED) is 0.874. The average Bonchev–Trinajstić information content (AvgIpc) is 2.56. The van der Waals surface area contributed by atoms with Crippen LogP contribution in [-0.2, 0) is 11.3 Å². The van der Waals surface area contributed by atoms with Gasteiger partial charge >= 0.3 is 0 Å². The number of carbonyl (C=O) groups excluding carboxylic acids is 2. The lowest BCUT2D eigenvalue weighted by molar-refractivity contribution is -0.129. The van der Waals surface area contributed by atoms with E-state index in [-0.39, 0.29) is 18.0 Å². The molecule has 0 spiro atoms. The fourth-order valence-electron chi connectivity index (χ4n) is 2.42. The van der Waals surface area contributed by atoms with E-state index in [1.807, 2.05) is 31.2 Å². The van der Waals surface area contributed by atoms with Crippen LogP contribution in [0.15, 0.2) is 42.5 Å². The van der Waals surface area contributed by atoms with Crippen molar-refractivity contribution in [2.24, 2.45) is 0 Å². The molecule has 0 aliphatic rings. The Balaban J connectivity index is 1.91. The predicted octanol–water partition coefficient (Wildman–Crippen LogP) is 3.05. The normalized spacial score (nSPS) is 10.4. The molecule has 6 heteroatoms. The van der Waals surface area contributed by atoms with E-state index in [0.717, 1.165) is 23.3 Å². The number of nitrogens with one attached hydrogen (secondary N) is 1. The van der Waals surface area contributed by atoms with Gasteiger partial charge in [0.05, 0.1) is 0 Å².